The van der Waals surface area contributed by atoms with Gasteiger partial charge in [0.25, 0.3) is 0 Å². The minimum atomic E-state index is 0.0518. The Morgan fingerprint density at radius 3 is 2.59 bits per heavy atom. The van der Waals surface area contributed by atoms with Gasteiger partial charge in [0.15, 0.2) is 5.82 Å². The molecule has 0 fully saturated rings. The van der Waals surface area contributed by atoms with Gasteiger partial charge in [-0.3, -0.25) is 9.69 Å². The normalized spacial score (nSPS) is 13.1. The molecule has 5 rings (SSSR count). The number of rotatable bonds is 5. The molecule has 6 heteroatoms. The number of fused-ring (bicyclic) bond motifs is 1. The van der Waals surface area contributed by atoms with Crippen molar-refractivity contribution in [1.82, 2.24) is 19.7 Å². The van der Waals surface area contributed by atoms with E-state index in [2.05, 4.69) is 43.0 Å². The Morgan fingerprint density at radius 1 is 1.06 bits per heavy atom. The Bertz CT molecular complexity index is 1280. The van der Waals surface area contributed by atoms with Crippen LogP contribution in [0.2, 0.25) is 0 Å². The van der Waals surface area contributed by atoms with Gasteiger partial charge in [-0.15, -0.1) is 0 Å². The van der Waals surface area contributed by atoms with Crippen LogP contribution in [0.4, 0.5) is 5.82 Å². The highest BCUT2D eigenvalue weighted by atomic mass is 16.2. The molecule has 2 aromatic carbocycles. The minimum absolute atomic E-state index is 0.0518. The van der Waals surface area contributed by atoms with E-state index in [0.29, 0.717) is 30.5 Å². The van der Waals surface area contributed by atoms with Crippen LogP contribution in [0.3, 0.4) is 0 Å². The molecule has 0 saturated carbocycles. The molecule has 0 spiro atoms. The number of carbonyl (C=O) groups excluding carboxylic acids is 1. The molecule has 1 aliphatic rings. The molecule has 160 valence electrons. The first-order valence-corrected chi connectivity index (χ1v) is 10.9. The van der Waals surface area contributed by atoms with E-state index in [1.165, 1.54) is 11.1 Å². The molecule has 0 aliphatic carbocycles. The molecule has 0 radical (unpaired) electrons. The third kappa shape index (κ3) is 3.58. The molecule has 4 aromatic rings. The van der Waals surface area contributed by atoms with Crippen LogP contribution in [0.1, 0.15) is 42.0 Å². The van der Waals surface area contributed by atoms with Crippen molar-refractivity contribution in [3.63, 3.8) is 0 Å². The second-order valence-electron chi connectivity index (χ2n) is 8.51. The zero-order valence-electron chi connectivity index (χ0n) is 18.5. The van der Waals surface area contributed by atoms with Crippen LogP contribution in [0, 0.1) is 6.92 Å². The highest BCUT2D eigenvalue weighted by molar-refractivity contribution is 6.00. The van der Waals surface area contributed by atoms with Crippen molar-refractivity contribution in [1.29, 1.82) is 0 Å². The summed E-state index contributed by atoms with van der Waals surface area (Å²) in [6.07, 6.45) is 5.81. The van der Waals surface area contributed by atoms with E-state index in [-0.39, 0.29) is 5.91 Å². The van der Waals surface area contributed by atoms with Gasteiger partial charge in [0.05, 0.1) is 18.7 Å². The summed E-state index contributed by atoms with van der Waals surface area (Å²) in [6, 6.07) is 16.2. The predicted octanol–water partition coefficient (Wildman–Crippen LogP) is 4.85. The van der Waals surface area contributed by atoms with Crippen LogP contribution >= 0.6 is 0 Å². The fourth-order valence-electron chi connectivity index (χ4n) is 4.43. The quantitative estimate of drug-likeness (QED) is 0.460. The van der Waals surface area contributed by atoms with E-state index in [9.17, 15) is 4.79 Å². The second kappa shape index (κ2) is 8.04. The first-order chi connectivity index (χ1) is 15.5. The van der Waals surface area contributed by atoms with Gasteiger partial charge in [0, 0.05) is 29.7 Å². The van der Waals surface area contributed by atoms with Gasteiger partial charge in [-0.2, -0.15) is 5.10 Å². The van der Waals surface area contributed by atoms with Crippen LogP contribution in [-0.4, -0.2) is 25.7 Å². The SMILES string of the molecule is Cc1cccc(-c2ncc3c(n2)N(Cc2ccc(-n4cccn4)cc2)C(=O)C3)c1C(C)C. The molecule has 0 unspecified atom stereocenters. The summed E-state index contributed by atoms with van der Waals surface area (Å²) in [4.78, 5) is 24.1. The first kappa shape index (κ1) is 20.1. The summed E-state index contributed by atoms with van der Waals surface area (Å²) in [5.74, 6) is 1.79. The summed E-state index contributed by atoms with van der Waals surface area (Å²) >= 11 is 0. The van der Waals surface area contributed by atoms with Crippen LogP contribution in [0.25, 0.3) is 17.1 Å². The Labute approximate surface area is 187 Å². The van der Waals surface area contributed by atoms with Crippen molar-refractivity contribution < 1.29 is 4.79 Å². The zero-order valence-corrected chi connectivity index (χ0v) is 18.5. The molecule has 0 saturated heterocycles. The van der Waals surface area contributed by atoms with Crippen LogP contribution < -0.4 is 4.90 Å². The molecule has 0 atom stereocenters. The molecule has 1 aliphatic heterocycles. The number of hydrogen-bond acceptors (Lipinski definition) is 4. The Hall–Kier alpha value is -3.80. The number of aryl methyl sites for hydroxylation is 1. The fourth-order valence-corrected chi connectivity index (χ4v) is 4.43. The number of amides is 1. The average Bonchev–Trinajstić information content (AvgIpc) is 3.42. The fraction of sp³-hybridized carbons (Fsp3) is 0.231. The lowest BCUT2D eigenvalue weighted by Crippen LogP contribution is -2.26. The molecule has 0 N–H and O–H groups in total. The van der Waals surface area contributed by atoms with E-state index in [1.54, 1.807) is 11.1 Å². The largest absolute Gasteiger partial charge is 0.292 e. The number of aromatic nitrogens is 4. The van der Waals surface area contributed by atoms with Crippen molar-refractivity contribution >= 4 is 11.7 Å². The van der Waals surface area contributed by atoms with Gasteiger partial charge < -0.3 is 0 Å². The summed E-state index contributed by atoms with van der Waals surface area (Å²) in [7, 11) is 0. The van der Waals surface area contributed by atoms with E-state index in [4.69, 9.17) is 4.98 Å². The predicted molar refractivity (Wildman–Crippen MR) is 125 cm³/mol. The van der Waals surface area contributed by atoms with Gasteiger partial charge in [-0.1, -0.05) is 44.2 Å². The van der Waals surface area contributed by atoms with E-state index in [1.807, 2.05) is 53.5 Å². The Morgan fingerprint density at radius 2 is 1.88 bits per heavy atom. The summed E-state index contributed by atoms with van der Waals surface area (Å²) < 4.78 is 1.81. The smallest absolute Gasteiger partial charge is 0.233 e. The number of anilines is 1. The lowest BCUT2D eigenvalue weighted by Gasteiger charge is -2.19. The maximum atomic E-state index is 12.8. The van der Waals surface area contributed by atoms with Crippen molar-refractivity contribution in [3.05, 3.63) is 89.4 Å². The maximum absolute atomic E-state index is 12.8. The van der Waals surface area contributed by atoms with E-state index in [0.717, 1.165) is 22.4 Å². The van der Waals surface area contributed by atoms with Gasteiger partial charge >= 0.3 is 0 Å². The number of hydrogen-bond donors (Lipinski definition) is 0. The molecule has 3 heterocycles. The number of benzene rings is 2. The van der Waals surface area contributed by atoms with Crippen LogP contribution in [0.15, 0.2) is 67.1 Å². The van der Waals surface area contributed by atoms with Crippen molar-refractivity contribution in [2.24, 2.45) is 0 Å². The Kier molecular flexibility index (Phi) is 5.05. The summed E-state index contributed by atoms with van der Waals surface area (Å²) in [5, 5.41) is 4.26. The van der Waals surface area contributed by atoms with Crippen molar-refractivity contribution in [2.75, 3.05) is 4.90 Å². The van der Waals surface area contributed by atoms with Crippen LogP contribution in [-0.2, 0) is 17.8 Å². The minimum Gasteiger partial charge on any atom is -0.292 e. The third-order valence-corrected chi connectivity index (χ3v) is 5.93. The molecule has 6 nitrogen and oxygen atoms in total. The lowest BCUT2D eigenvalue weighted by atomic mass is 9.92. The second-order valence-corrected chi connectivity index (χ2v) is 8.51. The zero-order chi connectivity index (χ0) is 22.2. The monoisotopic (exact) mass is 423 g/mol. The topological polar surface area (TPSA) is 63.9 Å². The summed E-state index contributed by atoms with van der Waals surface area (Å²) in [6.45, 7) is 6.96. The maximum Gasteiger partial charge on any atom is 0.233 e. The van der Waals surface area contributed by atoms with Gasteiger partial charge in [-0.25, -0.2) is 14.6 Å². The molecular weight excluding hydrogens is 398 g/mol. The van der Waals surface area contributed by atoms with Gasteiger partial charge in [0.2, 0.25) is 5.91 Å². The molecule has 32 heavy (non-hydrogen) atoms. The third-order valence-electron chi connectivity index (χ3n) is 5.93. The van der Waals surface area contributed by atoms with Crippen molar-refractivity contribution in [2.45, 2.75) is 39.7 Å². The van der Waals surface area contributed by atoms with Crippen LogP contribution in [0.5, 0.6) is 0 Å². The number of carbonyl (C=O) groups is 1. The first-order valence-electron chi connectivity index (χ1n) is 10.9. The molecule has 0 bridgehead atoms. The molecular formula is C26H25N5O. The average molecular weight is 424 g/mol. The Balaban J connectivity index is 1.47. The number of nitrogens with zero attached hydrogens (tertiary/aromatic N) is 5. The highest BCUT2D eigenvalue weighted by Gasteiger charge is 2.30. The molecule has 1 amide bonds. The van der Waals surface area contributed by atoms with Gasteiger partial charge in [0.1, 0.15) is 5.82 Å². The summed E-state index contributed by atoms with van der Waals surface area (Å²) in [5.41, 5.74) is 6.42. The van der Waals surface area contributed by atoms with Gasteiger partial charge in [-0.05, 0) is 47.7 Å². The lowest BCUT2D eigenvalue weighted by molar-refractivity contribution is -0.117. The molecule has 2 aromatic heterocycles. The van der Waals surface area contributed by atoms with Crippen molar-refractivity contribution in [3.8, 4) is 17.1 Å². The van der Waals surface area contributed by atoms with E-state index < -0.39 is 0 Å². The highest BCUT2D eigenvalue weighted by Crippen LogP contribution is 2.34. The standard InChI is InChI=1S/C26H25N5O/c1-17(2)24-18(3)6-4-7-22(24)25-27-15-20-14-23(32)30(26(20)29-25)16-19-8-10-21(11-9-19)31-13-5-12-28-31/h4-13,15,17H,14,16H2,1-3H3. The van der Waals surface area contributed by atoms with E-state index >= 15 is 0 Å².